The molecule has 6 heteroatoms. The number of nitrogens with zero attached hydrogens (tertiary/aromatic N) is 1. The first-order valence-electron chi connectivity index (χ1n) is 8.40. The fourth-order valence-electron chi connectivity index (χ4n) is 3.23. The zero-order valence-electron chi connectivity index (χ0n) is 14.2. The number of aliphatic carboxylic acids is 1. The number of thioether (sulfide) groups is 1. The summed E-state index contributed by atoms with van der Waals surface area (Å²) in [6, 6.07) is 18.2. The van der Waals surface area contributed by atoms with E-state index in [2.05, 4.69) is 6.07 Å². The molecule has 0 aromatic heterocycles. The standard InChI is InChI=1S/C21H15NO3S2/c23-19(24)9-10-22-20(25)18(27-21(22)26)12-17-15-7-3-1-5-13(15)11-14-6-2-4-8-16(14)17/h1-8,11-12H,9-10H2,(H,23,24)/p-1/b18-12+. The Morgan fingerprint density at radius 3 is 2.26 bits per heavy atom. The van der Waals surface area contributed by atoms with Crippen molar-refractivity contribution in [3.8, 4) is 0 Å². The summed E-state index contributed by atoms with van der Waals surface area (Å²) in [6.07, 6.45) is 1.62. The van der Waals surface area contributed by atoms with Gasteiger partial charge in [0.15, 0.2) is 0 Å². The molecule has 0 atom stereocenters. The number of carboxylic acid groups (broad SMARTS) is 1. The molecule has 27 heavy (non-hydrogen) atoms. The molecule has 1 saturated heterocycles. The monoisotopic (exact) mass is 392 g/mol. The lowest BCUT2D eigenvalue weighted by atomic mass is 9.96. The Labute approximate surface area is 165 Å². The number of carboxylic acids is 1. The highest BCUT2D eigenvalue weighted by Crippen LogP contribution is 2.36. The maximum Gasteiger partial charge on any atom is 0.266 e. The molecule has 134 valence electrons. The van der Waals surface area contributed by atoms with Crippen molar-refractivity contribution in [3.63, 3.8) is 0 Å². The second-order valence-electron chi connectivity index (χ2n) is 6.19. The zero-order chi connectivity index (χ0) is 19.0. The van der Waals surface area contributed by atoms with E-state index in [0.29, 0.717) is 9.23 Å². The van der Waals surface area contributed by atoms with Crippen LogP contribution in [0.4, 0.5) is 0 Å². The predicted octanol–water partition coefficient (Wildman–Crippen LogP) is 3.33. The minimum absolute atomic E-state index is 0.0284. The molecule has 3 aromatic carbocycles. The molecule has 0 aliphatic carbocycles. The van der Waals surface area contributed by atoms with Gasteiger partial charge in [0.05, 0.1) is 4.91 Å². The molecule has 0 N–H and O–H groups in total. The maximum atomic E-state index is 12.7. The van der Waals surface area contributed by atoms with Crippen LogP contribution in [0.2, 0.25) is 0 Å². The summed E-state index contributed by atoms with van der Waals surface area (Å²) >= 11 is 6.47. The van der Waals surface area contributed by atoms with E-state index >= 15 is 0 Å². The Kier molecular flexibility index (Phi) is 4.68. The molecule has 3 aromatic rings. The third-order valence-electron chi connectivity index (χ3n) is 4.50. The summed E-state index contributed by atoms with van der Waals surface area (Å²) in [7, 11) is 0. The van der Waals surface area contributed by atoms with Crippen molar-refractivity contribution in [2.45, 2.75) is 6.42 Å². The maximum absolute atomic E-state index is 12.7. The van der Waals surface area contributed by atoms with Gasteiger partial charge in [0.1, 0.15) is 4.32 Å². The van der Waals surface area contributed by atoms with Crippen molar-refractivity contribution in [1.29, 1.82) is 0 Å². The van der Waals surface area contributed by atoms with Gasteiger partial charge in [0.2, 0.25) is 0 Å². The van der Waals surface area contributed by atoms with Gasteiger partial charge in [-0.05, 0) is 39.3 Å². The molecule has 1 heterocycles. The molecular formula is C21H14NO3S2-. The normalized spacial score (nSPS) is 16.0. The Balaban J connectivity index is 1.83. The fraction of sp³-hybridized carbons (Fsp3) is 0.0952. The van der Waals surface area contributed by atoms with Crippen molar-refractivity contribution in [2.24, 2.45) is 0 Å². The summed E-state index contributed by atoms with van der Waals surface area (Å²) in [4.78, 5) is 25.3. The van der Waals surface area contributed by atoms with Crippen LogP contribution < -0.4 is 5.11 Å². The highest BCUT2D eigenvalue weighted by Gasteiger charge is 2.31. The first-order valence-corrected chi connectivity index (χ1v) is 9.63. The Hall–Kier alpha value is -2.70. The molecule has 0 spiro atoms. The van der Waals surface area contributed by atoms with Crippen molar-refractivity contribution < 1.29 is 14.7 Å². The molecule has 0 saturated carbocycles. The smallest absolute Gasteiger partial charge is 0.266 e. The van der Waals surface area contributed by atoms with Crippen LogP contribution in [0.5, 0.6) is 0 Å². The molecule has 4 nitrogen and oxygen atoms in total. The van der Waals surface area contributed by atoms with Gasteiger partial charge in [0, 0.05) is 18.9 Å². The van der Waals surface area contributed by atoms with Crippen molar-refractivity contribution >= 4 is 67.8 Å². The second-order valence-corrected chi connectivity index (χ2v) is 7.86. The number of carbonyl (C=O) groups is 2. The molecule has 4 rings (SSSR count). The highest BCUT2D eigenvalue weighted by molar-refractivity contribution is 8.26. The van der Waals surface area contributed by atoms with E-state index < -0.39 is 5.97 Å². The van der Waals surface area contributed by atoms with Crippen LogP contribution in [-0.4, -0.2) is 27.6 Å². The van der Waals surface area contributed by atoms with Crippen LogP contribution >= 0.6 is 24.0 Å². The molecule has 1 fully saturated rings. The van der Waals surface area contributed by atoms with Crippen molar-refractivity contribution in [1.82, 2.24) is 4.90 Å². The lowest BCUT2D eigenvalue weighted by molar-refractivity contribution is -0.305. The van der Waals surface area contributed by atoms with Crippen molar-refractivity contribution in [3.05, 3.63) is 65.1 Å². The zero-order valence-corrected chi connectivity index (χ0v) is 15.8. The van der Waals surface area contributed by atoms with Gasteiger partial charge in [-0.25, -0.2) is 0 Å². The highest BCUT2D eigenvalue weighted by atomic mass is 32.2. The largest absolute Gasteiger partial charge is 0.550 e. The number of benzene rings is 3. The number of hydrogen-bond acceptors (Lipinski definition) is 5. The topological polar surface area (TPSA) is 60.4 Å². The molecule has 1 aliphatic heterocycles. The van der Waals surface area contributed by atoms with Crippen LogP contribution in [0.25, 0.3) is 27.6 Å². The average Bonchev–Trinajstić information content (AvgIpc) is 2.92. The predicted molar refractivity (Wildman–Crippen MR) is 111 cm³/mol. The quantitative estimate of drug-likeness (QED) is 0.387. The summed E-state index contributed by atoms with van der Waals surface area (Å²) < 4.78 is 0.372. The van der Waals surface area contributed by atoms with Crippen LogP contribution in [-0.2, 0) is 9.59 Å². The minimum atomic E-state index is -1.20. The Bertz CT molecular complexity index is 1080. The average molecular weight is 392 g/mol. The molecule has 0 unspecified atom stereocenters. The van der Waals surface area contributed by atoms with Crippen molar-refractivity contribution in [2.75, 3.05) is 6.54 Å². The fourth-order valence-corrected chi connectivity index (χ4v) is 4.52. The van der Waals surface area contributed by atoms with E-state index in [1.54, 1.807) is 0 Å². The van der Waals surface area contributed by atoms with Gasteiger partial charge in [-0.3, -0.25) is 9.69 Å². The minimum Gasteiger partial charge on any atom is -0.550 e. The first-order chi connectivity index (χ1) is 13.0. The third-order valence-corrected chi connectivity index (χ3v) is 5.88. The lowest BCUT2D eigenvalue weighted by Gasteiger charge is -2.14. The van der Waals surface area contributed by atoms with Crippen LogP contribution in [0.3, 0.4) is 0 Å². The molecule has 0 radical (unpaired) electrons. The number of thiocarbonyl (C=S) groups is 1. The van der Waals surface area contributed by atoms with E-state index in [9.17, 15) is 14.7 Å². The van der Waals surface area contributed by atoms with E-state index in [4.69, 9.17) is 12.2 Å². The number of rotatable bonds is 4. The Morgan fingerprint density at radius 1 is 1.07 bits per heavy atom. The number of fused-ring (bicyclic) bond motifs is 2. The number of amides is 1. The van der Waals surface area contributed by atoms with Gasteiger partial charge >= 0.3 is 0 Å². The summed E-state index contributed by atoms with van der Waals surface area (Å²) in [5.41, 5.74) is 0.962. The summed E-state index contributed by atoms with van der Waals surface area (Å²) in [5.74, 6) is -1.46. The van der Waals surface area contributed by atoms with Crippen LogP contribution in [0.15, 0.2) is 59.5 Å². The van der Waals surface area contributed by atoms with Gasteiger partial charge in [0.25, 0.3) is 5.91 Å². The van der Waals surface area contributed by atoms with Gasteiger partial charge in [-0.15, -0.1) is 0 Å². The SMILES string of the molecule is O=C([O-])CCN1C(=O)/C(=C\c2c3ccccc3cc3ccccc23)SC1=S. The number of carbonyl (C=O) groups excluding carboxylic acids is 2. The summed E-state index contributed by atoms with van der Waals surface area (Å²) in [5, 5.41) is 15.0. The molecule has 1 amide bonds. The lowest BCUT2D eigenvalue weighted by Crippen LogP contribution is -2.33. The van der Waals surface area contributed by atoms with E-state index in [1.165, 1.54) is 16.7 Å². The van der Waals surface area contributed by atoms with Gasteiger partial charge in [-0.1, -0.05) is 72.5 Å². The Morgan fingerprint density at radius 2 is 1.67 bits per heavy atom. The number of hydrogen-bond donors (Lipinski definition) is 0. The van der Waals surface area contributed by atoms with E-state index in [-0.39, 0.29) is 18.9 Å². The van der Waals surface area contributed by atoms with E-state index in [0.717, 1.165) is 27.1 Å². The second kappa shape index (κ2) is 7.13. The molecular weight excluding hydrogens is 378 g/mol. The molecule has 0 bridgehead atoms. The van der Waals surface area contributed by atoms with Crippen LogP contribution in [0, 0.1) is 0 Å². The third kappa shape index (κ3) is 3.34. The van der Waals surface area contributed by atoms with Gasteiger partial charge < -0.3 is 9.90 Å². The van der Waals surface area contributed by atoms with Gasteiger partial charge in [-0.2, -0.15) is 0 Å². The molecule has 1 aliphatic rings. The summed E-state index contributed by atoms with van der Waals surface area (Å²) in [6.45, 7) is 0.0284. The first kappa shape index (κ1) is 17.7. The van der Waals surface area contributed by atoms with E-state index in [1.807, 2.05) is 54.6 Å². The van der Waals surface area contributed by atoms with Crippen LogP contribution in [0.1, 0.15) is 12.0 Å².